The fourth-order valence-electron chi connectivity index (χ4n) is 6.37. The zero-order valence-electron chi connectivity index (χ0n) is 24.6. The first kappa shape index (κ1) is 29.9. The number of carbonyl (C=O) groups is 2. The van der Waals surface area contributed by atoms with E-state index < -0.39 is 0 Å². The highest BCUT2D eigenvalue weighted by Crippen LogP contribution is 2.42. The van der Waals surface area contributed by atoms with E-state index in [2.05, 4.69) is 17.1 Å². The minimum absolute atomic E-state index is 0.0348. The Morgan fingerprint density at radius 1 is 0.925 bits per heavy atom. The van der Waals surface area contributed by atoms with Gasteiger partial charge in [0.15, 0.2) is 0 Å². The van der Waals surface area contributed by atoms with Crippen LogP contribution in [0.1, 0.15) is 75.5 Å². The van der Waals surface area contributed by atoms with Crippen molar-refractivity contribution in [1.29, 1.82) is 0 Å². The van der Waals surface area contributed by atoms with Gasteiger partial charge >= 0.3 is 0 Å². The second-order valence-corrected chi connectivity index (χ2v) is 11.7. The Balaban J connectivity index is 0.000000546. The highest BCUT2D eigenvalue weighted by molar-refractivity contribution is 5.85. The monoisotopic (exact) mass is 549 g/mol. The third-order valence-electron chi connectivity index (χ3n) is 9.11. The highest BCUT2D eigenvalue weighted by Gasteiger charge is 2.47. The number of nitrogens with one attached hydrogen (secondary N) is 1. The largest absolute Gasteiger partial charge is 0.497 e. The third kappa shape index (κ3) is 7.78. The molecule has 1 N–H and O–H groups in total. The summed E-state index contributed by atoms with van der Waals surface area (Å²) in [6.45, 7) is 6.55. The van der Waals surface area contributed by atoms with Crippen molar-refractivity contribution in [3.63, 3.8) is 0 Å². The van der Waals surface area contributed by atoms with Gasteiger partial charge in [-0.15, -0.1) is 0 Å². The van der Waals surface area contributed by atoms with Gasteiger partial charge in [0.05, 0.1) is 25.7 Å². The van der Waals surface area contributed by atoms with Gasteiger partial charge in [-0.25, -0.2) is 0 Å². The minimum atomic E-state index is -0.209. The lowest BCUT2D eigenvalue weighted by Gasteiger charge is -2.38. The molecule has 2 heterocycles. The smallest absolute Gasteiger partial charge is 0.229 e. The molecule has 1 spiro atoms. The molecule has 5 rings (SSSR count). The van der Waals surface area contributed by atoms with Crippen molar-refractivity contribution in [3.8, 4) is 11.5 Å². The van der Waals surface area contributed by atoms with Gasteiger partial charge in [0.25, 0.3) is 0 Å². The van der Waals surface area contributed by atoms with Gasteiger partial charge in [-0.3, -0.25) is 9.59 Å². The first-order valence-corrected chi connectivity index (χ1v) is 14.9. The van der Waals surface area contributed by atoms with Gasteiger partial charge < -0.3 is 24.6 Å². The van der Waals surface area contributed by atoms with Gasteiger partial charge in [-0.2, -0.15) is 0 Å². The molecule has 1 aliphatic carbocycles. The van der Waals surface area contributed by atoms with Crippen LogP contribution < -0.4 is 14.8 Å². The fourth-order valence-corrected chi connectivity index (χ4v) is 6.37. The standard InChI is InChI=1S/C27H35N3O4.C6H12/c1-33-23-7-3-21(4-8-23)19-30-18-14-27(26(30)32)12-16-29(17-13-27)15-11-25(28-20-31)22-5-9-24(34-2)10-6-22;1-6-4-2-3-5-6/h3-10,20,25H,11-19H2,1-2H3,(H,28,31);6H,2-5H2,1H3. The van der Waals surface area contributed by atoms with Gasteiger partial charge in [0.1, 0.15) is 11.5 Å². The molecule has 1 unspecified atom stereocenters. The molecule has 0 radical (unpaired) electrons. The summed E-state index contributed by atoms with van der Waals surface area (Å²) < 4.78 is 10.5. The predicted molar refractivity (Wildman–Crippen MR) is 158 cm³/mol. The number of ether oxygens (including phenoxy) is 2. The lowest BCUT2D eigenvalue weighted by Crippen LogP contribution is -2.45. The summed E-state index contributed by atoms with van der Waals surface area (Å²) in [7, 11) is 3.31. The molecular formula is C33H47N3O4. The number of benzene rings is 2. The normalized spacial score (nSPS) is 19.7. The van der Waals surface area contributed by atoms with E-state index in [9.17, 15) is 9.59 Å². The molecule has 3 aliphatic rings. The van der Waals surface area contributed by atoms with E-state index in [1.165, 1.54) is 25.7 Å². The van der Waals surface area contributed by atoms with E-state index >= 15 is 0 Å². The van der Waals surface area contributed by atoms with Gasteiger partial charge in [-0.05, 0) is 80.1 Å². The van der Waals surface area contributed by atoms with E-state index in [4.69, 9.17) is 9.47 Å². The molecule has 2 aliphatic heterocycles. The molecule has 1 saturated carbocycles. The maximum Gasteiger partial charge on any atom is 0.229 e. The summed E-state index contributed by atoms with van der Waals surface area (Å²) in [6.07, 6.45) is 10.3. The topological polar surface area (TPSA) is 71.1 Å². The van der Waals surface area contributed by atoms with E-state index in [1.807, 2.05) is 53.4 Å². The lowest BCUT2D eigenvalue weighted by molar-refractivity contribution is -0.138. The summed E-state index contributed by atoms with van der Waals surface area (Å²) in [5, 5.41) is 2.95. The van der Waals surface area contributed by atoms with Crippen molar-refractivity contribution in [2.45, 2.75) is 70.9 Å². The van der Waals surface area contributed by atoms with Gasteiger partial charge in [0.2, 0.25) is 12.3 Å². The highest BCUT2D eigenvalue weighted by atomic mass is 16.5. The average molecular weight is 550 g/mol. The van der Waals surface area contributed by atoms with E-state index in [-0.39, 0.29) is 11.5 Å². The van der Waals surface area contributed by atoms with E-state index in [0.717, 1.165) is 86.8 Å². The molecule has 2 amide bonds. The number of likely N-dealkylation sites (tertiary alicyclic amines) is 2. The van der Waals surface area contributed by atoms with Crippen molar-refractivity contribution < 1.29 is 19.1 Å². The second kappa shape index (κ2) is 14.5. The van der Waals surface area contributed by atoms with Crippen LogP contribution in [-0.4, -0.2) is 62.5 Å². The van der Waals surface area contributed by atoms with Crippen LogP contribution in [-0.2, 0) is 16.1 Å². The molecule has 0 bridgehead atoms. The Morgan fingerprint density at radius 2 is 1.50 bits per heavy atom. The van der Waals surface area contributed by atoms with Crippen LogP contribution in [0.4, 0.5) is 0 Å². The lowest BCUT2D eigenvalue weighted by atomic mass is 9.77. The van der Waals surface area contributed by atoms with Crippen molar-refractivity contribution >= 4 is 12.3 Å². The fraction of sp³-hybridized carbons (Fsp3) is 0.576. The molecular weight excluding hydrogens is 502 g/mol. The van der Waals surface area contributed by atoms with Crippen molar-refractivity contribution in [3.05, 3.63) is 59.7 Å². The molecule has 1 atom stereocenters. The summed E-state index contributed by atoms with van der Waals surface area (Å²) in [6, 6.07) is 15.8. The molecule has 40 heavy (non-hydrogen) atoms. The Morgan fingerprint density at radius 3 is 2.02 bits per heavy atom. The van der Waals surface area contributed by atoms with Crippen LogP contribution >= 0.6 is 0 Å². The Hall–Kier alpha value is -3.06. The molecule has 7 heteroatoms. The quantitative estimate of drug-likeness (QED) is 0.391. The number of rotatable bonds is 10. The third-order valence-corrected chi connectivity index (χ3v) is 9.11. The van der Waals surface area contributed by atoms with Crippen molar-refractivity contribution in [2.24, 2.45) is 11.3 Å². The number of hydrogen-bond acceptors (Lipinski definition) is 5. The summed E-state index contributed by atoms with van der Waals surface area (Å²) >= 11 is 0. The predicted octanol–water partition coefficient (Wildman–Crippen LogP) is 5.59. The Kier molecular flexibility index (Phi) is 10.9. The first-order chi connectivity index (χ1) is 19.5. The summed E-state index contributed by atoms with van der Waals surface area (Å²) in [5.41, 5.74) is 2.00. The molecule has 2 saturated heterocycles. The summed E-state index contributed by atoms with van der Waals surface area (Å²) in [5.74, 6) is 2.99. The van der Waals surface area contributed by atoms with Gasteiger partial charge in [0, 0.05) is 19.6 Å². The van der Waals surface area contributed by atoms with Crippen molar-refractivity contribution in [1.82, 2.24) is 15.1 Å². The molecule has 7 nitrogen and oxygen atoms in total. The SMILES string of the molecule is CC1CCCC1.COc1ccc(CN2CCC3(CCN(CCC(NC=O)c4ccc(OC)cc4)CC3)C2=O)cc1. The van der Waals surface area contributed by atoms with E-state index in [1.54, 1.807) is 14.2 Å². The number of carbonyl (C=O) groups excluding carboxylic acids is 2. The molecule has 2 aromatic rings. The number of nitrogens with zero attached hydrogens (tertiary/aromatic N) is 2. The van der Waals surface area contributed by atoms with Crippen LogP contribution in [0.5, 0.6) is 11.5 Å². The van der Waals surface area contributed by atoms with Crippen molar-refractivity contribution in [2.75, 3.05) is 40.4 Å². The maximum atomic E-state index is 13.3. The van der Waals surface area contributed by atoms with Crippen LogP contribution in [0.2, 0.25) is 0 Å². The van der Waals surface area contributed by atoms with Crippen LogP contribution in [0.3, 0.4) is 0 Å². The van der Waals surface area contributed by atoms with E-state index in [0.29, 0.717) is 12.5 Å². The average Bonchev–Trinajstić information content (AvgIpc) is 3.59. The van der Waals surface area contributed by atoms with Crippen LogP contribution in [0.15, 0.2) is 48.5 Å². The minimum Gasteiger partial charge on any atom is -0.497 e. The van der Waals surface area contributed by atoms with Crippen LogP contribution in [0, 0.1) is 11.3 Å². The number of piperidine rings is 1. The summed E-state index contributed by atoms with van der Waals surface area (Å²) in [4.78, 5) is 28.9. The molecule has 218 valence electrons. The molecule has 3 fully saturated rings. The number of amides is 2. The second-order valence-electron chi connectivity index (χ2n) is 11.7. The first-order valence-electron chi connectivity index (χ1n) is 14.9. The molecule has 0 aromatic heterocycles. The Bertz CT molecular complexity index is 1060. The molecule has 2 aromatic carbocycles. The number of hydrogen-bond donors (Lipinski definition) is 1. The van der Waals surface area contributed by atoms with Crippen LogP contribution in [0.25, 0.3) is 0 Å². The zero-order chi connectivity index (χ0) is 28.4. The van der Waals surface area contributed by atoms with Gasteiger partial charge in [-0.1, -0.05) is 56.9 Å². The Labute approximate surface area is 240 Å². The zero-order valence-corrected chi connectivity index (χ0v) is 24.6. The maximum absolute atomic E-state index is 13.3. The number of methoxy groups -OCH3 is 2.